The van der Waals surface area contributed by atoms with Crippen molar-refractivity contribution in [1.29, 1.82) is 0 Å². The Morgan fingerprint density at radius 2 is 1.86 bits per heavy atom. The molecule has 0 saturated carbocycles. The molecule has 0 aliphatic carbocycles. The van der Waals surface area contributed by atoms with Crippen LogP contribution >= 0.6 is 0 Å². The first kappa shape index (κ1) is 16.5. The summed E-state index contributed by atoms with van der Waals surface area (Å²) >= 11 is 0. The lowest BCUT2D eigenvalue weighted by Gasteiger charge is -2.14. The largest absolute Gasteiger partial charge is 0.480 e. The molecule has 0 aromatic heterocycles. The second kappa shape index (κ2) is 7.32. The van der Waals surface area contributed by atoms with Gasteiger partial charge < -0.3 is 15.2 Å². The molecule has 0 fully saturated rings. The van der Waals surface area contributed by atoms with Gasteiger partial charge in [-0.3, -0.25) is 9.59 Å². The lowest BCUT2D eigenvalue weighted by Crippen LogP contribution is -2.41. The maximum absolute atomic E-state index is 13.4. The van der Waals surface area contributed by atoms with Crippen molar-refractivity contribution in [2.75, 3.05) is 7.11 Å². The van der Waals surface area contributed by atoms with Gasteiger partial charge in [0.15, 0.2) is 0 Å². The number of halogens is 2. The van der Waals surface area contributed by atoms with E-state index in [9.17, 15) is 23.2 Å². The number of carboxylic acids is 1. The second-order valence-corrected chi connectivity index (χ2v) is 4.08. The fourth-order valence-electron chi connectivity index (χ4n) is 1.57. The molecule has 0 aliphatic rings. The summed E-state index contributed by atoms with van der Waals surface area (Å²) in [6, 6.07) is 1.37. The SMILES string of the molecule is COC(=O)CC[C@H](NC(=O)c1c(F)cccc1F)C(=O)O. The fourth-order valence-corrected chi connectivity index (χ4v) is 1.57. The molecule has 0 spiro atoms. The Balaban J connectivity index is 2.82. The summed E-state index contributed by atoms with van der Waals surface area (Å²) in [6.07, 6.45) is -0.517. The molecule has 0 radical (unpaired) electrons. The molecule has 1 amide bonds. The highest BCUT2D eigenvalue weighted by molar-refractivity contribution is 5.97. The van der Waals surface area contributed by atoms with Crippen LogP contribution in [0.5, 0.6) is 0 Å². The molecule has 2 N–H and O–H groups in total. The summed E-state index contributed by atoms with van der Waals surface area (Å²) in [4.78, 5) is 33.7. The topological polar surface area (TPSA) is 92.7 Å². The van der Waals surface area contributed by atoms with E-state index >= 15 is 0 Å². The summed E-state index contributed by atoms with van der Waals surface area (Å²) in [7, 11) is 1.13. The number of nitrogens with one attached hydrogen (secondary N) is 1. The third-order valence-electron chi connectivity index (χ3n) is 2.66. The average molecular weight is 301 g/mol. The first-order valence-electron chi connectivity index (χ1n) is 5.91. The maximum atomic E-state index is 13.4. The minimum atomic E-state index is -1.46. The van der Waals surface area contributed by atoms with Crippen molar-refractivity contribution >= 4 is 17.8 Å². The van der Waals surface area contributed by atoms with Gasteiger partial charge in [-0.15, -0.1) is 0 Å². The lowest BCUT2D eigenvalue weighted by molar-refractivity contribution is -0.142. The van der Waals surface area contributed by atoms with Gasteiger partial charge in [-0.2, -0.15) is 0 Å². The van der Waals surface area contributed by atoms with Crippen LogP contribution in [0.3, 0.4) is 0 Å². The Kier molecular flexibility index (Phi) is 5.77. The van der Waals surface area contributed by atoms with Gasteiger partial charge in [-0.1, -0.05) is 6.07 Å². The number of amides is 1. The number of benzene rings is 1. The molecule has 0 unspecified atom stereocenters. The monoisotopic (exact) mass is 301 g/mol. The summed E-state index contributed by atoms with van der Waals surface area (Å²) in [5.41, 5.74) is -0.873. The van der Waals surface area contributed by atoms with Crippen molar-refractivity contribution in [3.8, 4) is 0 Å². The molecule has 1 aromatic rings. The molecule has 6 nitrogen and oxygen atoms in total. The average Bonchev–Trinajstić information content (AvgIpc) is 2.42. The summed E-state index contributed by atoms with van der Waals surface area (Å²) < 4.78 is 31.1. The molecule has 8 heteroatoms. The van der Waals surface area contributed by atoms with E-state index in [4.69, 9.17) is 5.11 Å². The van der Waals surface area contributed by atoms with Crippen LogP contribution in [-0.4, -0.2) is 36.1 Å². The van der Waals surface area contributed by atoms with Crippen LogP contribution < -0.4 is 5.32 Å². The van der Waals surface area contributed by atoms with Crippen LogP contribution in [0.2, 0.25) is 0 Å². The molecule has 0 saturated heterocycles. The Labute approximate surface area is 118 Å². The molecule has 114 valence electrons. The van der Waals surface area contributed by atoms with Gasteiger partial charge in [-0.05, 0) is 18.6 Å². The highest BCUT2D eigenvalue weighted by atomic mass is 19.1. The molecule has 1 atom stereocenters. The molecule has 0 bridgehead atoms. The van der Waals surface area contributed by atoms with Crippen molar-refractivity contribution in [3.05, 3.63) is 35.4 Å². The Morgan fingerprint density at radius 3 is 2.33 bits per heavy atom. The van der Waals surface area contributed by atoms with Gasteiger partial charge in [0.25, 0.3) is 5.91 Å². The van der Waals surface area contributed by atoms with Crippen LogP contribution in [0.1, 0.15) is 23.2 Å². The summed E-state index contributed by atoms with van der Waals surface area (Å²) in [6.45, 7) is 0. The van der Waals surface area contributed by atoms with E-state index in [1.54, 1.807) is 0 Å². The van der Waals surface area contributed by atoms with Crippen LogP contribution in [0.25, 0.3) is 0 Å². The fraction of sp³-hybridized carbons (Fsp3) is 0.308. The van der Waals surface area contributed by atoms with Crippen molar-refractivity contribution in [1.82, 2.24) is 5.32 Å². The molecule has 1 aromatic carbocycles. The van der Waals surface area contributed by atoms with Crippen molar-refractivity contribution < 1.29 is 33.0 Å². The number of carbonyl (C=O) groups excluding carboxylic acids is 2. The van der Waals surface area contributed by atoms with E-state index in [2.05, 4.69) is 4.74 Å². The number of carbonyl (C=O) groups is 3. The number of carboxylic acid groups (broad SMARTS) is 1. The molecule has 1 rings (SSSR count). The maximum Gasteiger partial charge on any atom is 0.326 e. The van der Waals surface area contributed by atoms with E-state index in [1.807, 2.05) is 5.32 Å². The van der Waals surface area contributed by atoms with Crippen molar-refractivity contribution in [3.63, 3.8) is 0 Å². The van der Waals surface area contributed by atoms with E-state index in [0.717, 1.165) is 25.3 Å². The van der Waals surface area contributed by atoms with Crippen molar-refractivity contribution in [2.45, 2.75) is 18.9 Å². The smallest absolute Gasteiger partial charge is 0.326 e. The zero-order valence-electron chi connectivity index (χ0n) is 11.1. The quantitative estimate of drug-likeness (QED) is 0.768. The first-order valence-corrected chi connectivity index (χ1v) is 5.91. The van der Waals surface area contributed by atoms with Crippen molar-refractivity contribution in [2.24, 2.45) is 0 Å². The van der Waals surface area contributed by atoms with Gasteiger partial charge in [0, 0.05) is 6.42 Å². The highest BCUT2D eigenvalue weighted by Crippen LogP contribution is 2.12. The van der Waals surface area contributed by atoms with Gasteiger partial charge in [0.05, 0.1) is 7.11 Å². The minimum Gasteiger partial charge on any atom is -0.480 e. The number of ether oxygens (including phenoxy) is 1. The predicted octanol–water partition coefficient (Wildman–Crippen LogP) is 1.10. The zero-order valence-corrected chi connectivity index (χ0v) is 11.1. The van der Waals surface area contributed by atoms with Crippen LogP contribution in [-0.2, 0) is 14.3 Å². The van der Waals surface area contributed by atoms with E-state index in [-0.39, 0.29) is 12.8 Å². The summed E-state index contributed by atoms with van der Waals surface area (Å²) in [5, 5.41) is 10.9. The first-order chi connectivity index (χ1) is 9.86. The third kappa shape index (κ3) is 4.51. The Bertz CT molecular complexity index is 541. The molecule has 21 heavy (non-hydrogen) atoms. The molecule has 0 aliphatic heterocycles. The number of esters is 1. The van der Waals surface area contributed by atoms with E-state index in [1.165, 1.54) is 0 Å². The number of methoxy groups -OCH3 is 1. The lowest BCUT2D eigenvalue weighted by atomic mass is 10.1. The van der Waals surface area contributed by atoms with Crippen LogP contribution in [0.15, 0.2) is 18.2 Å². The van der Waals surface area contributed by atoms with Gasteiger partial charge in [0.1, 0.15) is 23.2 Å². The minimum absolute atomic E-state index is 0.256. The highest BCUT2D eigenvalue weighted by Gasteiger charge is 2.25. The Morgan fingerprint density at radius 1 is 1.29 bits per heavy atom. The molecular weight excluding hydrogens is 288 g/mol. The number of aliphatic carboxylic acids is 1. The number of hydrogen-bond acceptors (Lipinski definition) is 4. The Hall–Kier alpha value is -2.51. The number of hydrogen-bond donors (Lipinski definition) is 2. The predicted molar refractivity (Wildman–Crippen MR) is 66.5 cm³/mol. The second-order valence-electron chi connectivity index (χ2n) is 4.08. The van der Waals surface area contributed by atoms with Crippen LogP contribution in [0, 0.1) is 11.6 Å². The molecule has 0 heterocycles. The van der Waals surface area contributed by atoms with Gasteiger partial charge >= 0.3 is 11.9 Å². The van der Waals surface area contributed by atoms with Crippen LogP contribution in [0.4, 0.5) is 8.78 Å². The molecular formula is C13H13F2NO5. The van der Waals surface area contributed by atoms with E-state index in [0.29, 0.717) is 0 Å². The van der Waals surface area contributed by atoms with E-state index < -0.39 is 41.1 Å². The van der Waals surface area contributed by atoms with Gasteiger partial charge in [0.2, 0.25) is 0 Å². The normalized spacial score (nSPS) is 11.6. The van der Waals surface area contributed by atoms with Gasteiger partial charge in [-0.25, -0.2) is 13.6 Å². The summed E-state index contributed by atoms with van der Waals surface area (Å²) in [5.74, 6) is -5.51. The third-order valence-corrected chi connectivity index (χ3v) is 2.66. The standard InChI is InChI=1S/C13H13F2NO5/c1-21-10(17)6-5-9(13(19)20)16-12(18)11-7(14)3-2-4-8(11)15/h2-4,9H,5-6H2,1H3,(H,16,18)(H,19,20)/t9-/m0/s1. The zero-order chi connectivity index (χ0) is 16.0. The number of rotatable bonds is 6.